The molecule has 0 radical (unpaired) electrons. The van der Waals surface area contributed by atoms with Crippen molar-refractivity contribution in [3.05, 3.63) is 66.5 Å². The molecule has 4 aromatic rings. The summed E-state index contributed by atoms with van der Waals surface area (Å²) in [7, 11) is 5.82. The lowest BCUT2D eigenvalue weighted by Gasteiger charge is -2.22. The zero-order valence-electron chi connectivity index (χ0n) is 18.6. The third-order valence-electron chi connectivity index (χ3n) is 5.53. The monoisotopic (exact) mass is 505 g/mol. The summed E-state index contributed by atoms with van der Waals surface area (Å²) in [5.41, 5.74) is 5.53. The first-order valence-electron chi connectivity index (χ1n) is 9.98. The quantitative estimate of drug-likeness (QED) is 0.352. The fourth-order valence-corrected chi connectivity index (χ4v) is 3.93. The number of fused-ring (bicyclic) bond motifs is 2. The summed E-state index contributed by atoms with van der Waals surface area (Å²) in [5.74, 6) is 2.37. The van der Waals surface area contributed by atoms with Gasteiger partial charge in [0.25, 0.3) is 0 Å². The van der Waals surface area contributed by atoms with Crippen LogP contribution in [0.5, 0.6) is 5.75 Å². The molecule has 3 heterocycles. The van der Waals surface area contributed by atoms with Crippen LogP contribution in [0.2, 0.25) is 0 Å². The Labute approximate surface area is 212 Å². The number of ether oxygens (including phenoxy) is 1. The Balaban J connectivity index is 0.00000128. The number of aromatic nitrogens is 3. The third kappa shape index (κ3) is 4.93. The Hall–Kier alpha value is -2.80. The number of hydrogen-bond acceptors (Lipinski definition) is 6. The fraction of sp³-hybridized carbons (Fsp3) is 0.208. The van der Waals surface area contributed by atoms with Crippen molar-refractivity contribution < 1.29 is 4.74 Å². The van der Waals surface area contributed by atoms with Crippen LogP contribution in [0.3, 0.4) is 0 Å². The van der Waals surface area contributed by atoms with Crippen molar-refractivity contribution in [2.75, 3.05) is 37.5 Å². The Bertz CT molecular complexity index is 1240. The molecule has 0 saturated heterocycles. The van der Waals surface area contributed by atoms with Crippen molar-refractivity contribution in [1.82, 2.24) is 15.0 Å². The van der Waals surface area contributed by atoms with E-state index in [1.54, 1.807) is 19.5 Å². The molecule has 0 fully saturated rings. The molecular weight excluding hydrogens is 481 g/mol. The minimum absolute atomic E-state index is 0. The molecule has 1 aliphatic heterocycles. The van der Waals surface area contributed by atoms with Gasteiger partial charge in [-0.05, 0) is 60.5 Å². The van der Waals surface area contributed by atoms with Crippen LogP contribution in [0.4, 0.5) is 17.2 Å². The molecule has 174 valence electrons. The average molecular weight is 507 g/mol. The number of nitrogens with zero attached hydrogens (tertiary/aromatic N) is 5. The van der Waals surface area contributed by atoms with Gasteiger partial charge in [0.2, 0.25) is 0 Å². The van der Waals surface area contributed by atoms with Crippen LogP contribution < -0.4 is 14.5 Å². The van der Waals surface area contributed by atoms with Crippen molar-refractivity contribution in [2.24, 2.45) is 0 Å². The first-order chi connectivity index (χ1) is 14.6. The molecule has 0 aliphatic carbocycles. The molecule has 0 spiro atoms. The summed E-state index contributed by atoms with van der Waals surface area (Å²) in [6.07, 6.45) is 4.54. The molecule has 0 atom stereocenters. The SMILES string of the molecule is COc1ccc2nc(-c3cccnc3)nc(N3CCc4cc(N(C)C)ccc43)c2c1.Cl.Cl.Cl. The van der Waals surface area contributed by atoms with E-state index in [1.807, 2.05) is 30.3 Å². The molecule has 6 nitrogen and oxygen atoms in total. The van der Waals surface area contributed by atoms with Crippen LogP contribution in [0, 0.1) is 0 Å². The van der Waals surface area contributed by atoms with Crippen molar-refractivity contribution in [3.8, 4) is 17.1 Å². The summed E-state index contributed by atoms with van der Waals surface area (Å²) >= 11 is 0. The van der Waals surface area contributed by atoms with E-state index in [4.69, 9.17) is 14.7 Å². The highest BCUT2D eigenvalue weighted by Gasteiger charge is 2.25. The van der Waals surface area contributed by atoms with Crippen molar-refractivity contribution >= 4 is 65.3 Å². The Morgan fingerprint density at radius 1 is 0.970 bits per heavy atom. The lowest BCUT2D eigenvalue weighted by atomic mass is 10.1. The van der Waals surface area contributed by atoms with Gasteiger partial charge in [-0.1, -0.05) is 0 Å². The Morgan fingerprint density at radius 2 is 1.79 bits per heavy atom. The first-order valence-corrected chi connectivity index (χ1v) is 9.98. The molecule has 33 heavy (non-hydrogen) atoms. The van der Waals surface area contributed by atoms with Gasteiger partial charge in [0.05, 0.1) is 12.6 Å². The van der Waals surface area contributed by atoms with E-state index in [-0.39, 0.29) is 37.2 Å². The second-order valence-corrected chi connectivity index (χ2v) is 7.60. The zero-order valence-corrected chi connectivity index (χ0v) is 21.0. The lowest BCUT2D eigenvalue weighted by molar-refractivity contribution is 0.415. The van der Waals surface area contributed by atoms with Crippen LogP contribution in [0.25, 0.3) is 22.3 Å². The standard InChI is InChI=1S/C24H23N5O.3ClH/c1-28(2)18-6-9-22-16(13-18)10-12-29(22)24-20-14-19(30-3)7-8-21(20)26-23(27-24)17-5-4-11-25-15-17;;;/h4-9,11,13-15H,10,12H2,1-3H3;3*1H. The largest absolute Gasteiger partial charge is 0.497 e. The molecule has 1 aliphatic rings. The number of anilines is 3. The molecular formula is C24H26Cl3N5O. The van der Waals surface area contributed by atoms with Crippen molar-refractivity contribution in [1.29, 1.82) is 0 Å². The Morgan fingerprint density at radius 3 is 2.48 bits per heavy atom. The minimum atomic E-state index is 0. The second kappa shape index (κ2) is 10.9. The van der Waals surface area contributed by atoms with E-state index in [0.717, 1.165) is 41.0 Å². The van der Waals surface area contributed by atoms with Crippen LogP contribution in [0.1, 0.15) is 5.56 Å². The molecule has 0 bridgehead atoms. The van der Waals surface area contributed by atoms with Gasteiger partial charge in [-0.15, -0.1) is 37.2 Å². The number of halogens is 3. The maximum Gasteiger partial charge on any atom is 0.163 e. The van der Waals surface area contributed by atoms with Gasteiger partial charge in [-0.2, -0.15) is 0 Å². The molecule has 0 saturated carbocycles. The van der Waals surface area contributed by atoms with Crippen LogP contribution in [0.15, 0.2) is 60.9 Å². The van der Waals surface area contributed by atoms with E-state index in [1.165, 1.54) is 16.9 Å². The van der Waals surface area contributed by atoms with E-state index in [9.17, 15) is 0 Å². The molecule has 9 heteroatoms. The summed E-state index contributed by atoms with van der Waals surface area (Å²) in [5, 5.41) is 0.978. The van der Waals surface area contributed by atoms with Gasteiger partial charge in [0.1, 0.15) is 11.6 Å². The number of benzene rings is 2. The molecule has 2 aromatic carbocycles. The number of rotatable bonds is 4. The normalized spacial score (nSPS) is 11.7. The highest BCUT2D eigenvalue weighted by Crippen LogP contribution is 2.39. The van der Waals surface area contributed by atoms with E-state index >= 15 is 0 Å². The number of methoxy groups -OCH3 is 1. The predicted octanol–water partition coefficient (Wildman–Crippen LogP) is 5.73. The van der Waals surface area contributed by atoms with Crippen molar-refractivity contribution in [3.63, 3.8) is 0 Å². The zero-order chi connectivity index (χ0) is 20.7. The number of pyridine rings is 1. The van der Waals surface area contributed by atoms with E-state index in [2.05, 4.69) is 47.1 Å². The molecule has 0 unspecified atom stereocenters. The predicted molar refractivity (Wildman–Crippen MR) is 143 cm³/mol. The van der Waals surface area contributed by atoms with Gasteiger partial charge in [0, 0.05) is 55.4 Å². The number of hydrogen-bond donors (Lipinski definition) is 0. The van der Waals surface area contributed by atoms with Gasteiger partial charge in [0.15, 0.2) is 5.82 Å². The molecule has 5 rings (SSSR count). The molecule has 2 aromatic heterocycles. The summed E-state index contributed by atoms with van der Waals surface area (Å²) in [6, 6.07) is 16.5. The maximum absolute atomic E-state index is 5.48. The van der Waals surface area contributed by atoms with Gasteiger partial charge in [-0.25, -0.2) is 9.97 Å². The lowest BCUT2D eigenvalue weighted by Crippen LogP contribution is -2.16. The average Bonchev–Trinajstić information content (AvgIpc) is 3.21. The third-order valence-corrected chi connectivity index (χ3v) is 5.53. The van der Waals surface area contributed by atoms with E-state index in [0.29, 0.717) is 5.82 Å². The second-order valence-electron chi connectivity index (χ2n) is 7.60. The highest BCUT2D eigenvalue weighted by molar-refractivity contribution is 5.95. The summed E-state index contributed by atoms with van der Waals surface area (Å²) < 4.78 is 5.48. The molecule has 0 N–H and O–H groups in total. The topological polar surface area (TPSA) is 54.4 Å². The van der Waals surface area contributed by atoms with Crippen molar-refractivity contribution in [2.45, 2.75) is 6.42 Å². The Kier molecular flexibility index (Phi) is 8.72. The first kappa shape index (κ1) is 26.5. The maximum atomic E-state index is 5.48. The van der Waals surface area contributed by atoms with Gasteiger partial charge in [-0.3, -0.25) is 4.98 Å². The van der Waals surface area contributed by atoms with E-state index < -0.39 is 0 Å². The van der Waals surface area contributed by atoms with Gasteiger partial charge >= 0.3 is 0 Å². The van der Waals surface area contributed by atoms with Gasteiger partial charge < -0.3 is 14.5 Å². The smallest absolute Gasteiger partial charge is 0.163 e. The summed E-state index contributed by atoms with van der Waals surface area (Å²) in [4.78, 5) is 18.5. The van der Waals surface area contributed by atoms with Crippen LogP contribution in [-0.2, 0) is 6.42 Å². The van der Waals surface area contributed by atoms with Crippen LogP contribution in [-0.4, -0.2) is 42.7 Å². The minimum Gasteiger partial charge on any atom is -0.497 e. The van der Waals surface area contributed by atoms with Crippen LogP contribution >= 0.6 is 37.2 Å². The highest BCUT2D eigenvalue weighted by atomic mass is 35.5. The molecule has 0 amide bonds. The summed E-state index contributed by atoms with van der Waals surface area (Å²) in [6.45, 7) is 0.877. The fourth-order valence-electron chi connectivity index (χ4n) is 3.93.